The van der Waals surface area contributed by atoms with E-state index in [9.17, 15) is 0 Å². The van der Waals surface area contributed by atoms with Gasteiger partial charge in [-0.25, -0.2) is 0 Å². The Morgan fingerprint density at radius 1 is 0.333 bits per heavy atom. The van der Waals surface area contributed by atoms with Crippen molar-refractivity contribution in [2.75, 3.05) is 4.90 Å². The zero-order valence-electron chi connectivity index (χ0n) is 30.0. The first-order chi connectivity index (χ1) is 25.1. The van der Waals surface area contributed by atoms with E-state index in [0.29, 0.717) is 10.8 Å². The minimum Gasteiger partial charge on any atom is -0.310 e. The van der Waals surface area contributed by atoms with E-state index in [2.05, 4.69) is 132 Å². The van der Waals surface area contributed by atoms with Crippen LogP contribution in [-0.2, 0) is 10.8 Å². The Bertz CT molecular complexity index is 1820. The van der Waals surface area contributed by atoms with E-state index in [1.165, 1.54) is 116 Å². The molecule has 0 aliphatic heterocycles. The van der Waals surface area contributed by atoms with Crippen molar-refractivity contribution in [2.24, 2.45) is 35.5 Å². The summed E-state index contributed by atoms with van der Waals surface area (Å²) >= 11 is 0. The van der Waals surface area contributed by atoms with Gasteiger partial charge in [0.2, 0.25) is 0 Å². The monoisotopic (exact) mass is 665 g/mol. The predicted molar refractivity (Wildman–Crippen MR) is 212 cm³/mol. The van der Waals surface area contributed by atoms with Crippen molar-refractivity contribution in [3.05, 3.63) is 139 Å². The summed E-state index contributed by atoms with van der Waals surface area (Å²) in [6.07, 6.45) is 17.4. The summed E-state index contributed by atoms with van der Waals surface area (Å²) in [5.41, 5.74) is 12.8. The molecule has 0 atom stereocenters. The molecule has 8 aliphatic carbocycles. The average Bonchev–Trinajstić information content (AvgIpc) is 3.15. The molecule has 0 radical (unpaired) electrons. The van der Waals surface area contributed by atoms with Crippen molar-refractivity contribution in [1.82, 2.24) is 0 Å². The van der Waals surface area contributed by atoms with E-state index in [1.54, 1.807) is 11.1 Å². The third-order valence-corrected chi connectivity index (χ3v) is 14.9. The van der Waals surface area contributed by atoms with Gasteiger partial charge < -0.3 is 4.90 Å². The Morgan fingerprint density at radius 3 is 1.00 bits per heavy atom. The van der Waals surface area contributed by atoms with Gasteiger partial charge in [0, 0.05) is 17.1 Å². The van der Waals surface area contributed by atoms with Crippen molar-refractivity contribution in [1.29, 1.82) is 0 Å². The average molecular weight is 666 g/mol. The minimum atomic E-state index is 0.408. The van der Waals surface area contributed by atoms with Crippen LogP contribution in [0.15, 0.2) is 127 Å². The molecule has 8 aliphatic rings. The van der Waals surface area contributed by atoms with E-state index in [4.69, 9.17) is 0 Å². The maximum absolute atomic E-state index is 2.55. The number of anilines is 3. The highest BCUT2D eigenvalue weighted by atomic mass is 15.1. The lowest BCUT2D eigenvalue weighted by molar-refractivity contribution is -0.00529. The van der Waals surface area contributed by atoms with Crippen molar-refractivity contribution >= 4 is 17.1 Å². The molecule has 1 heteroatoms. The largest absolute Gasteiger partial charge is 0.310 e. The van der Waals surface area contributed by atoms with Crippen LogP contribution < -0.4 is 4.90 Å². The first-order valence-electron chi connectivity index (χ1n) is 20.3. The summed E-state index contributed by atoms with van der Waals surface area (Å²) in [7, 11) is 0. The normalized spacial score (nSPS) is 32.7. The molecule has 0 heterocycles. The van der Waals surface area contributed by atoms with Crippen LogP contribution in [0.3, 0.4) is 0 Å². The maximum atomic E-state index is 2.55. The molecule has 8 saturated carbocycles. The summed E-state index contributed by atoms with van der Waals surface area (Å²) in [5.74, 6) is 5.73. The topological polar surface area (TPSA) is 3.24 Å². The van der Waals surface area contributed by atoms with Gasteiger partial charge >= 0.3 is 0 Å². The third kappa shape index (κ3) is 5.24. The number of nitrogens with zero attached hydrogens (tertiary/aromatic N) is 1. The fraction of sp³-hybridized carbons (Fsp3) is 0.400. The summed E-state index contributed by atoms with van der Waals surface area (Å²) in [4.78, 5) is 2.55. The Kier molecular flexibility index (Phi) is 7.01. The molecule has 256 valence electrons. The van der Waals surface area contributed by atoms with E-state index in [-0.39, 0.29) is 0 Å². The van der Waals surface area contributed by atoms with E-state index in [0.717, 1.165) is 35.5 Å². The number of hydrogen-bond acceptors (Lipinski definition) is 1. The molecular weight excluding hydrogens is 615 g/mol. The number of hydrogen-bond donors (Lipinski definition) is 0. The maximum Gasteiger partial charge on any atom is 0.0473 e. The molecule has 0 saturated heterocycles. The first kappa shape index (κ1) is 30.5. The molecule has 0 amide bonds. The van der Waals surface area contributed by atoms with Gasteiger partial charge in [-0.15, -0.1) is 0 Å². The summed E-state index contributed by atoms with van der Waals surface area (Å²) < 4.78 is 0. The molecule has 1 nitrogen and oxygen atoms in total. The Labute approximate surface area is 305 Å². The van der Waals surface area contributed by atoms with Gasteiger partial charge in [-0.3, -0.25) is 0 Å². The molecule has 0 N–H and O–H groups in total. The molecule has 8 bridgehead atoms. The molecule has 0 unspecified atom stereocenters. The van der Waals surface area contributed by atoms with Gasteiger partial charge in [-0.05, 0) is 199 Å². The fourth-order valence-electron chi connectivity index (χ4n) is 13.6. The van der Waals surface area contributed by atoms with Crippen LogP contribution in [0, 0.1) is 35.5 Å². The van der Waals surface area contributed by atoms with Crippen LogP contribution in [0.1, 0.15) is 88.2 Å². The summed E-state index contributed by atoms with van der Waals surface area (Å²) in [6.45, 7) is 0. The lowest BCUT2D eigenvalue weighted by Crippen LogP contribution is -2.48. The molecule has 13 rings (SSSR count). The van der Waals surface area contributed by atoms with Gasteiger partial charge in [-0.2, -0.15) is 0 Å². The second kappa shape index (κ2) is 11.7. The van der Waals surface area contributed by atoms with Crippen LogP contribution in [-0.4, -0.2) is 0 Å². The lowest BCUT2D eigenvalue weighted by atomic mass is 9.48. The van der Waals surface area contributed by atoms with Crippen LogP contribution >= 0.6 is 0 Å². The molecular formula is C50H51N. The van der Waals surface area contributed by atoms with Gasteiger partial charge in [0.1, 0.15) is 0 Å². The number of benzene rings is 5. The quantitative estimate of drug-likeness (QED) is 0.167. The summed E-state index contributed by atoms with van der Waals surface area (Å²) in [5, 5.41) is 0. The zero-order valence-corrected chi connectivity index (χ0v) is 30.0. The lowest BCUT2D eigenvalue weighted by Gasteiger charge is -2.57. The van der Waals surface area contributed by atoms with Crippen molar-refractivity contribution in [2.45, 2.75) is 87.9 Å². The molecule has 5 aromatic carbocycles. The summed E-state index contributed by atoms with van der Waals surface area (Å²) in [6, 6.07) is 49.0. The highest BCUT2D eigenvalue weighted by Crippen LogP contribution is 2.62. The Morgan fingerprint density at radius 2 is 0.667 bits per heavy atom. The SMILES string of the molecule is c1ccc(-c2cc(-c3ccccc3)cc(N(c3ccc(C45CC6CC(CC(C6)C4)C5)cc3)c3ccc(C45CC6CC(CC(C6)C4)C5)cc3)c2)cc1. The predicted octanol–water partition coefficient (Wildman–Crippen LogP) is 13.4. The van der Waals surface area contributed by atoms with Crippen LogP contribution in [0.5, 0.6) is 0 Å². The van der Waals surface area contributed by atoms with Gasteiger partial charge in [0.05, 0.1) is 0 Å². The first-order valence-corrected chi connectivity index (χ1v) is 20.3. The Hall–Kier alpha value is -4.10. The Balaban J connectivity index is 1.02. The van der Waals surface area contributed by atoms with Crippen molar-refractivity contribution < 1.29 is 0 Å². The third-order valence-electron chi connectivity index (χ3n) is 14.9. The van der Waals surface area contributed by atoms with E-state index < -0.39 is 0 Å². The molecule has 0 spiro atoms. The highest BCUT2D eigenvalue weighted by Gasteiger charge is 2.52. The van der Waals surface area contributed by atoms with Crippen molar-refractivity contribution in [3.8, 4) is 22.3 Å². The molecule has 51 heavy (non-hydrogen) atoms. The van der Waals surface area contributed by atoms with E-state index >= 15 is 0 Å². The van der Waals surface area contributed by atoms with Crippen LogP contribution in [0.2, 0.25) is 0 Å². The second-order valence-corrected chi connectivity index (χ2v) is 18.3. The van der Waals surface area contributed by atoms with Gasteiger partial charge in [-0.1, -0.05) is 84.9 Å². The highest BCUT2D eigenvalue weighted by molar-refractivity contribution is 5.85. The molecule has 5 aromatic rings. The zero-order chi connectivity index (χ0) is 33.6. The van der Waals surface area contributed by atoms with Crippen LogP contribution in [0.25, 0.3) is 22.3 Å². The van der Waals surface area contributed by atoms with Gasteiger partial charge in [0.15, 0.2) is 0 Å². The van der Waals surface area contributed by atoms with Gasteiger partial charge in [0.25, 0.3) is 0 Å². The van der Waals surface area contributed by atoms with E-state index in [1.807, 2.05) is 0 Å². The number of rotatable bonds is 7. The standard InChI is InChI=1S/C50H51N/c1-3-7-40(8-4-1)42-25-43(41-9-5-2-6-10-41)27-48(26-42)51(46-15-11-44(12-16-46)49-28-34-19-35(29-49)21-36(20-34)30-49)47-17-13-45(14-18-47)50-31-37-22-38(32-50)24-39(23-37)33-50/h1-18,25-27,34-39H,19-24,28-33H2. The second-order valence-electron chi connectivity index (χ2n) is 18.3. The smallest absolute Gasteiger partial charge is 0.0473 e. The van der Waals surface area contributed by atoms with Crippen molar-refractivity contribution in [3.63, 3.8) is 0 Å². The minimum absolute atomic E-state index is 0.408. The molecule has 0 aromatic heterocycles. The molecule has 8 fully saturated rings. The fourth-order valence-corrected chi connectivity index (χ4v) is 13.6. The van der Waals surface area contributed by atoms with Crippen LogP contribution in [0.4, 0.5) is 17.1 Å².